The standard InChI is InChI=1S/C26H33F2N5OS/c1-2-35-32-19-3-4-20(22(17-19)33-15-12-25(10-11-25)13-16-33)23(34)31-24-29-14-7-21(30-24)18-5-8-26(27,28)9-6-18/h3-4,7,14,17-18,32H,2,5-6,8-13,15-16H2,1H3,(H,29,30,31,34). The van der Waals surface area contributed by atoms with Crippen LogP contribution in [-0.4, -0.2) is 40.6 Å². The van der Waals surface area contributed by atoms with Gasteiger partial charge in [-0.2, -0.15) is 0 Å². The molecule has 2 aromatic rings. The number of anilines is 3. The Kier molecular flexibility index (Phi) is 6.88. The van der Waals surface area contributed by atoms with Crippen LogP contribution >= 0.6 is 11.9 Å². The van der Waals surface area contributed by atoms with Crippen LogP contribution in [0.25, 0.3) is 0 Å². The molecule has 35 heavy (non-hydrogen) atoms. The molecule has 3 aliphatic rings. The maximum atomic E-state index is 13.6. The molecule has 9 heteroatoms. The van der Waals surface area contributed by atoms with Crippen molar-refractivity contribution in [3.63, 3.8) is 0 Å². The first-order valence-electron chi connectivity index (χ1n) is 12.7. The minimum atomic E-state index is -2.58. The lowest BCUT2D eigenvalue weighted by Gasteiger charge is -2.35. The second-order valence-electron chi connectivity index (χ2n) is 10.1. The zero-order chi connectivity index (χ0) is 24.5. The van der Waals surface area contributed by atoms with E-state index in [0.717, 1.165) is 30.2 Å². The predicted octanol–water partition coefficient (Wildman–Crippen LogP) is 6.48. The number of carbonyl (C=O) groups is 1. The summed E-state index contributed by atoms with van der Waals surface area (Å²) in [6.07, 6.45) is 7.12. The van der Waals surface area contributed by atoms with Crippen molar-refractivity contribution in [3.8, 4) is 0 Å². The number of hydrogen-bond donors (Lipinski definition) is 2. The molecule has 1 saturated heterocycles. The van der Waals surface area contributed by atoms with E-state index in [-0.39, 0.29) is 30.6 Å². The van der Waals surface area contributed by atoms with E-state index >= 15 is 0 Å². The minimum absolute atomic E-state index is 0.0339. The van der Waals surface area contributed by atoms with Crippen molar-refractivity contribution < 1.29 is 13.6 Å². The highest BCUT2D eigenvalue weighted by Crippen LogP contribution is 2.54. The van der Waals surface area contributed by atoms with E-state index in [2.05, 4.69) is 37.9 Å². The van der Waals surface area contributed by atoms with Crippen molar-refractivity contribution in [2.45, 2.75) is 70.1 Å². The monoisotopic (exact) mass is 501 g/mol. The molecule has 1 spiro atoms. The van der Waals surface area contributed by atoms with Crippen molar-refractivity contribution in [1.82, 2.24) is 9.97 Å². The highest BCUT2D eigenvalue weighted by atomic mass is 32.2. The average molecular weight is 502 g/mol. The van der Waals surface area contributed by atoms with E-state index < -0.39 is 5.92 Å². The number of aromatic nitrogens is 2. The van der Waals surface area contributed by atoms with Gasteiger partial charge in [0.15, 0.2) is 0 Å². The zero-order valence-electron chi connectivity index (χ0n) is 20.2. The summed E-state index contributed by atoms with van der Waals surface area (Å²) < 4.78 is 30.5. The van der Waals surface area contributed by atoms with E-state index in [1.165, 1.54) is 25.7 Å². The summed E-state index contributed by atoms with van der Waals surface area (Å²) in [4.78, 5) is 24.4. The summed E-state index contributed by atoms with van der Waals surface area (Å²) in [7, 11) is 0. The molecule has 0 radical (unpaired) electrons. The predicted molar refractivity (Wildman–Crippen MR) is 137 cm³/mol. The van der Waals surface area contributed by atoms with Crippen LogP contribution in [0.15, 0.2) is 30.5 Å². The van der Waals surface area contributed by atoms with Gasteiger partial charge in [-0.3, -0.25) is 10.1 Å². The lowest BCUT2D eigenvalue weighted by Crippen LogP contribution is -2.35. The molecule has 0 atom stereocenters. The largest absolute Gasteiger partial charge is 0.371 e. The second kappa shape index (κ2) is 9.91. The fourth-order valence-corrected chi connectivity index (χ4v) is 5.71. The molecular weight excluding hydrogens is 468 g/mol. The Labute approximate surface area is 209 Å². The first-order chi connectivity index (χ1) is 16.9. The van der Waals surface area contributed by atoms with E-state index in [9.17, 15) is 13.6 Å². The van der Waals surface area contributed by atoms with Gasteiger partial charge < -0.3 is 9.62 Å². The van der Waals surface area contributed by atoms with Crippen molar-refractivity contribution in [1.29, 1.82) is 0 Å². The van der Waals surface area contributed by atoms with E-state index in [1.54, 1.807) is 24.2 Å². The summed E-state index contributed by atoms with van der Waals surface area (Å²) >= 11 is 1.62. The molecule has 2 N–H and O–H groups in total. The SMILES string of the molecule is CCSNc1ccc(C(=O)Nc2nccc(C3CCC(F)(F)CC3)n2)c(N2CCC3(CC2)CC3)c1. The highest BCUT2D eigenvalue weighted by molar-refractivity contribution is 8.00. The number of carbonyl (C=O) groups excluding carboxylic acids is 1. The van der Waals surface area contributed by atoms with Gasteiger partial charge >= 0.3 is 0 Å². The van der Waals surface area contributed by atoms with Crippen LogP contribution in [0.4, 0.5) is 26.1 Å². The van der Waals surface area contributed by atoms with Crippen LogP contribution < -0.4 is 14.9 Å². The van der Waals surface area contributed by atoms with Crippen LogP contribution in [0.5, 0.6) is 0 Å². The van der Waals surface area contributed by atoms with Gasteiger partial charge in [0.05, 0.1) is 11.3 Å². The van der Waals surface area contributed by atoms with E-state index in [1.807, 2.05) is 12.1 Å². The fraction of sp³-hybridized carbons (Fsp3) is 0.577. The molecule has 6 nitrogen and oxygen atoms in total. The van der Waals surface area contributed by atoms with Crippen LogP contribution in [0, 0.1) is 5.41 Å². The first-order valence-corrected chi connectivity index (χ1v) is 13.6. The van der Waals surface area contributed by atoms with Crippen LogP contribution in [0.3, 0.4) is 0 Å². The number of alkyl halides is 2. The molecule has 1 amide bonds. The van der Waals surface area contributed by atoms with Crippen LogP contribution in [0.1, 0.15) is 80.3 Å². The summed E-state index contributed by atoms with van der Waals surface area (Å²) in [5.74, 6) is -1.71. The van der Waals surface area contributed by atoms with Gasteiger partial charge in [-0.25, -0.2) is 18.7 Å². The van der Waals surface area contributed by atoms with Crippen LogP contribution in [-0.2, 0) is 0 Å². The molecule has 1 aromatic heterocycles. The Morgan fingerprint density at radius 3 is 2.54 bits per heavy atom. The first kappa shape index (κ1) is 24.3. The minimum Gasteiger partial charge on any atom is -0.371 e. The normalized spacial score (nSPS) is 21.1. The van der Waals surface area contributed by atoms with Crippen LogP contribution in [0.2, 0.25) is 0 Å². The summed E-state index contributed by atoms with van der Waals surface area (Å²) in [6.45, 7) is 3.99. The number of amides is 1. The number of rotatable bonds is 7. The van der Waals surface area contributed by atoms with Gasteiger partial charge in [-0.1, -0.05) is 18.9 Å². The molecule has 2 aliphatic carbocycles. The van der Waals surface area contributed by atoms with E-state index in [0.29, 0.717) is 29.5 Å². The van der Waals surface area contributed by atoms with Gasteiger partial charge in [-0.05, 0) is 68.2 Å². The molecule has 1 aromatic carbocycles. The average Bonchev–Trinajstić information content (AvgIpc) is 3.61. The lowest BCUT2D eigenvalue weighted by molar-refractivity contribution is -0.0384. The zero-order valence-corrected chi connectivity index (χ0v) is 21.0. The molecule has 2 heterocycles. The van der Waals surface area contributed by atoms with Crippen molar-refractivity contribution in [3.05, 3.63) is 41.7 Å². The van der Waals surface area contributed by atoms with Gasteiger partial charge in [-0.15, -0.1) is 0 Å². The second-order valence-corrected chi connectivity index (χ2v) is 11.2. The van der Waals surface area contributed by atoms with Crippen molar-refractivity contribution >= 4 is 35.2 Å². The van der Waals surface area contributed by atoms with Gasteiger partial charge in [0.2, 0.25) is 11.9 Å². The lowest BCUT2D eigenvalue weighted by atomic mass is 9.85. The Balaban J connectivity index is 1.33. The fourth-order valence-electron chi connectivity index (χ4n) is 5.27. The molecular formula is C26H33F2N5OS. The smallest absolute Gasteiger partial charge is 0.260 e. The van der Waals surface area contributed by atoms with Gasteiger partial charge in [0, 0.05) is 55.2 Å². The quantitative estimate of drug-likeness (QED) is 0.423. The third kappa shape index (κ3) is 5.71. The summed E-state index contributed by atoms with van der Waals surface area (Å²) in [5.41, 5.74) is 3.75. The Morgan fingerprint density at radius 1 is 1.11 bits per heavy atom. The number of hydrogen-bond acceptors (Lipinski definition) is 6. The Morgan fingerprint density at radius 2 is 1.86 bits per heavy atom. The van der Waals surface area contributed by atoms with Crippen molar-refractivity contribution in [2.75, 3.05) is 33.8 Å². The van der Waals surface area contributed by atoms with Gasteiger partial charge in [0.25, 0.3) is 5.91 Å². The van der Waals surface area contributed by atoms with Gasteiger partial charge in [0.1, 0.15) is 0 Å². The topological polar surface area (TPSA) is 70.1 Å². The molecule has 3 fully saturated rings. The number of nitrogens with zero attached hydrogens (tertiary/aromatic N) is 3. The molecule has 0 unspecified atom stereocenters. The summed E-state index contributed by atoms with van der Waals surface area (Å²) in [6, 6.07) is 7.61. The number of piperidine rings is 1. The van der Waals surface area contributed by atoms with Crippen molar-refractivity contribution in [2.24, 2.45) is 5.41 Å². The molecule has 2 saturated carbocycles. The Hall–Kier alpha value is -2.42. The molecule has 1 aliphatic heterocycles. The molecule has 188 valence electrons. The molecule has 0 bridgehead atoms. The number of benzene rings is 1. The molecule has 5 rings (SSSR count). The maximum Gasteiger partial charge on any atom is 0.260 e. The highest BCUT2D eigenvalue weighted by Gasteiger charge is 2.44. The third-order valence-corrected chi connectivity index (χ3v) is 8.41. The maximum absolute atomic E-state index is 13.6. The third-order valence-electron chi connectivity index (χ3n) is 7.74. The summed E-state index contributed by atoms with van der Waals surface area (Å²) in [5, 5.41) is 2.86. The number of nitrogens with one attached hydrogen (secondary N) is 2. The number of halogens is 2. The Bertz CT molecular complexity index is 1060. The van der Waals surface area contributed by atoms with E-state index in [4.69, 9.17) is 0 Å².